The molecule has 1 saturated heterocycles. The highest BCUT2D eigenvalue weighted by molar-refractivity contribution is 7.11. The summed E-state index contributed by atoms with van der Waals surface area (Å²) < 4.78 is 44.8. The van der Waals surface area contributed by atoms with E-state index >= 15 is 0 Å². The Labute approximate surface area is 241 Å². The number of aliphatic hydroxyl groups excluding tert-OH is 1. The van der Waals surface area contributed by atoms with Crippen molar-refractivity contribution in [2.45, 2.75) is 19.3 Å². The van der Waals surface area contributed by atoms with Crippen molar-refractivity contribution >= 4 is 41.3 Å². The van der Waals surface area contributed by atoms with Crippen LogP contribution in [0.4, 0.5) is 13.2 Å². The number of amidine groups is 1. The van der Waals surface area contributed by atoms with Gasteiger partial charge in [0.25, 0.3) is 5.92 Å². The number of aldehydes is 2. The first-order chi connectivity index (χ1) is 19.2. The lowest BCUT2D eigenvalue weighted by Crippen LogP contribution is -2.49. The highest BCUT2D eigenvalue weighted by Gasteiger charge is 2.39. The van der Waals surface area contributed by atoms with Crippen LogP contribution in [0.25, 0.3) is 0 Å². The second-order valence-corrected chi connectivity index (χ2v) is 9.61. The fourth-order valence-corrected chi connectivity index (χ4v) is 4.38. The van der Waals surface area contributed by atoms with E-state index < -0.39 is 11.8 Å². The number of aliphatic hydroxyl groups is 1. The molecule has 0 aliphatic carbocycles. The van der Waals surface area contributed by atoms with Crippen molar-refractivity contribution in [1.82, 2.24) is 15.2 Å². The lowest BCUT2D eigenvalue weighted by atomic mass is 9.94. The molecule has 8 nitrogen and oxygen atoms in total. The lowest BCUT2D eigenvalue weighted by Gasteiger charge is -2.37. The number of nitrogens with zero attached hydrogens (tertiary/aromatic N) is 3. The molecule has 0 spiro atoms. The van der Waals surface area contributed by atoms with Gasteiger partial charge in [0, 0.05) is 68.2 Å². The minimum atomic E-state index is -2.85. The van der Waals surface area contributed by atoms with Gasteiger partial charge in [0.2, 0.25) is 0 Å². The normalized spacial score (nSPS) is 18.1. The first-order valence-electron chi connectivity index (χ1n) is 12.2. The Hall–Kier alpha value is -2.90. The lowest BCUT2D eigenvalue weighted by molar-refractivity contribution is -0.105. The molecule has 2 aliphatic rings. The smallest absolute Gasteiger partial charge is 0.261 e. The highest BCUT2D eigenvalue weighted by atomic mass is 35.5. The maximum atomic E-state index is 14.1. The first-order valence-corrected chi connectivity index (χ1v) is 13.4. The van der Waals surface area contributed by atoms with Crippen LogP contribution in [0, 0.1) is 11.7 Å². The number of benzene rings is 1. The van der Waals surface area contributed by atoms with Gasteiger partial charge in [0.1, 0.15) is 18.4 Å². The number of hydrogen-bond acceptors (Lipinski definition) is 9. The molecule has 3 heterocycles. The summed E-state index contributed by atoms with van der Waals surface area (Å²) in [5.74, 6) is -3.02. The average molecular weight is 603 g/mol. The third kappa shape index (κ3) is 13.0. The number of aromatic nitrogens is 1. The SMILES string of the molecule is CCOC.CO.Fc1cccc(Cl)c1.O=C/C=C/[C@@H]1CN(CC2=C(C=O)CN=C(c3nccs3)N2)CC(F)(F)C1. The summed E-state index contributed by atoms with van der Waals surface area (Å²) in [7, 11) is 2.68. The number of carbonyl (C=O) groups excluding carboxylic acids is 2. The second kappa shape index (κ2) is 19.2. The zero-order valence-electron chi connectivity index (χ0n) is 22.5. The van der Waals surface area contributed by atoms with Gasteiger partial charge in [0.15, 0.2) is 10.8 Å². The number of alkyl halides is 2. The summed E-state index contributed by atoms with van der Waals surface area (Å²) in [4.78, 5) is 31.9. The Kier molecular flexibility index (Phi) is 16.9. The van der Waals surface area contributed by atoms with Crippen LogP contribution in [-0.2, 0) is 14.3 Å². The fraction of sp³-hybridized carbons (Fsp3) is 0.407. The van der Waals surface area contributed by atoms with Crippen LogP contribution in [0.2, 0.25) is 5.02 Å². The zero-order chi connectivity index (χ0) is 30.0. The second-order valence-electron chi connectivity index (χ2n) is 8.28. The van der Waals surface area contributed by atoms with E-state index in [2.05, 4.69) is 20.0 Å². The number of rotatable bonds is 7. The van der Waals surface area contributed by atoms with E-state index in [1.165, 1.54) is 35.6 Å². The van der Waals surface area contributed by atoms with Crippen LogP contribution in [0.1, 0.15) is 18.4 Å². The molecule has 220 valence electrons. The van der Waals surface area contributed by atoms with Gasteiger partial charge in [-0.3, -0.25) is 19.5 Å². The van der Waals surface area contributed by atoms with E-state index in [0.717, 1.165) is 13.7 Å². The number of methoxy groups -OCH3 is 1. The summed E-state index contributed by atoms with van der Waals surface area (Å²) >= 11 is 6.81. The van der Waals surface area contributed by atoms with Crippen LogP contribution < -0.4 is 5.32 Å². The minimum absolute atomic E-state index is 0.180. The molecule has 2 aromatic rings. The summed E-state index contributed by atoms with van der Waals surface area (Å²) in [5.41, 5.74) is 1.01. The van der Waals surface area contributed by atoms with E-state index in [9.17, 15) is 22.8 Å². The van der Waals surface area contributed by atoms with Crippen molar-refractivity contribution in [3.05, 3.63) is 75.1 Å². The van der Waals surface area contributed by atoms with Crippen molar-refractivity contribution < 1.29 is 32.6 Å². The number of halogens is 4. The molecule has 1 aromatic heterocycles. The number of thiazole rings is 1. The van der Waals surface area contributed by atoms with Crippen LogP contribution in [0.3, 0.4) is 0 Å². The van der Waals surface area contributed by atoms with E-state index in [1.54, 1.807) is 30.3 Å². The fourth-order valence-electron chi connectivity index (χ4n) is 3.60. The number of aliphatic imine (C=N–C) groups is 1. The number of carbonyl (C=O) groups is 2. The van der Waals surface area contributed by atoms with Gasteiger partial charge < -0.3 is 15.2 Å². The highest BCUT2D eigenvalue weighted by Crippen LogP contribution is 2.31. The predicted molar refractivity (Wildman–Crippen MR) is 152 cm³/mol. The largest absolute Gasteiger partial charge is 0.400 e. The Morgan fingerprint density at radius 2 is 2.05 bits per heavy atom. The van der Waals surface area contributed by atoms with E-state index in [4.69, 9.17) is 16.7 Å². The summed E-state index contributed by atoms with van der Waals surface area (Å²) in [6.07, 6.45) is 5.43. The van der Waals surface area contributed by atoms with Crippen LogP contribution in [-0.4, -0.2) is 86.3 Å². The molecule has 0 saturated carbocycles. The maximum absolute atomic E-state index is 14.1. The maximum Gasteiger partial charge on any atom is 0.261 e. The quantitative estimate of drug-likeness (QED) is 0.358. The topological polar surface area (TPSA) is 104 Å². The molecule has 0 bridgehead atoms. The first kappa shape index (κ1) is 35.1. The van der Waals surface area contributed by atoms with Gasteiger partial charge in [-0.15, -0.1) is 11.3 Å². The Bertz CT molecular complexity index is 1110. The van der Waals surface area contributed by atoms with Gasteiger partial charge in [0.05, 0.1) is 13.1 Å². The molecule has 1 atom stereocenters. The monoisotopic (exact) mass is 602 g/mol. The molecule has 40 heavy (non-hydrogen) atoms. The van der Waals surface area contributed by atoms with Gasteiger partial charge >= 0.3 is 0 Å². The minimum Gasteiger partial charge on any atom is -0.400 e. The molecule has 0 radical (unpaired) electrons. The summed E-state index contributed by atoms with van der Waals surface area (Å²) in [5, 5.41) is 13.0. The van der Waals surface area contributed by atoms with Crippen molar-refractivity contribution in [2.24, 2.45) is 10.9 Å². The van der Waals surface area contributed by atoms with Gasteiger partial charge in [-0.1, -0.05) is 23.7 Å². The number of ether oxygens (including phenoxy) is 1. The average Bonchev–Trinajstić information content (AvgIpc) is 3.48. The number of allylic oxidation sites excluding steroid dienone is 1. The molecule has 4 rings (SSSR count). The molecule has 2 aliphatic heterocycles. The van der Waals surface area contributed by atoms with E-state index in [0.29, 0.717) is 46.3 Å². The number of hydrogen-bond donors (Lipinski definition) is 2. The Morgan fingerprint density at radius 3 is 2.58 bits per heavy atom. The molecule has 13 heteroatoms. The van der Waals surface area contributed by atoms with Crippen molar-refractivity contribution in [3.63, 3.8) is 0 Å². The van der Waals surface area contributed by atoms with Gasteiger partial charge in [-0.2, -0.15) is 0 Å². The molecular weight excluding hydrogens is 569 g/mol. The van der Waals surface area contributed by atoms with Crippen molar-refractivity contribution in [1.29, 1.82) is 0 Å². The summed E-state index contributed by atoms with van der Waals surface area (Å²) in [6.45, 7) is 3.15. The van der Waals surface area contributed by atoms with Gasteiger partial charge in [-0.05, 0) is 37.1 Å². The standard InChI is InChI=1S/C17H18F2N4O2S.C6H4ClF.C3H8O.CH4O/c18-17(19)6-12(2-1-4-24)8-23(11-17)9-14-13(10-25)7-21-15(22-14)16-20-3-5-26-16;7-5-2-1-3-6(8)4-5;1-3-4-2;1-2/h1-5,10,12H,6-9,11H2,(H,21,22);1-4H;3H2,1-2H3;2H,1H3/b2-1+;;;/t12-;;;/m0.../s1. The summed E-state index contributed by atoms with van der Waals surface area (Å²) in [6, 6.07) is 5.82. The predicted octanol–water partition coefficient (Wildman–Crippen LogP) is 4.40. The van der Waals surface area contributed by atoms with Crippen molar-refractivity contribution in [2.75, 3.05) is 47.0 Å². The molecule has 1 aromatic carbocycles. The van der Waals surface area contributed by atoms with Crippen LogP contribution in [0.5, 0.6) is 0 Å². The number of likely N-dealkylation sites (tertiary alicyclic amines) is 1. The molecule has 0 amide bonds. The molecule has 2 N–H and O–H groups in total. The molecule has 1 fully saturated rings. The van der Waals surface area contributed by atoms with Crippen molar-refractivity contribution in [3.8, 4) is 0 Å². The zero-order valence-corrected chi connectivity index (χ0v) is 24.1. The third-order valence-corrected chi connectivity index (χ3v) is 6.28. The molecule has 0 unspecified atom stereocenters. The number of piperidine rings is 1. The van der Waals surface area contributed by atoms with Crippen LogP contribution >= 0.6 is 22.9 Å². The Balaban J connectivity index is 0.000000472. The molecular formula is C27H34ClF3N4O4S. The third-order valence-electron chi connectivity index (χ3n) is 5.27. The van der Waals surface area contributed by atoms with Gasteiger partial charge in [-0.25, -0.2) is 18.2 Å². The Morgan fingerprint density at radius 1 is 1.32 bits per heavy atom. The van der Waals surface area contributed by atoms with E-state index in [-0.39, 0.29) is 31.9 Å². The van der Waals surface area contributed by atoms with E-state index in [1.807, 2.05) is 12.3 Å². The number of nitrogens with one attached hydrogen (secondary N) is 1. The van der Waals surface area contributed by atoms with Crippen LogP contribution in [0.15, 0.2) is 64.3 Å².